The van der Waals surface area contributed by atoms with E-state index < -0.39 is 0 Å². The van der Waals surface area contributed by atoms with Crippen molar-refractivity contribution in [1.82, 2.24) is 4.90 Å². The predicted octanol–water partition coefficient (Wildman–Crippen LogP) is 2.36. The number of morpholine rings is 1. The Bertz CT molecular complexity index is 525. The summed E-state index contributed by atoms with van der Waals surface area (Å²) in [5.41, 5.74) is 7.80. The Hall–Kier alpha value is -1.46. The highest BCUT2D eigenvalue weighted by Gasteiger charge is 2.37. The van der Waals surface area contributed by atoms with Crippen LogP contribution in [0.15, 0.2) is 18.2 Å². The van der Waals surface area contributed by atoms with E-state index in [0.717, 1.165) is 70.2 Å². The minimum Gasteiger partial charge on any atom is -0.483 e. The van der Waals surface area contributed by atoms with Crippen LogP contribution in [0.25, 0.3) is 0 Å². The molecule has 1 aromatic carbocycles. The molecule has 2 aliphatic rings. The van der Waals surface area contributed by atoms with E-state index in [4.69, 9.17) is 15.2 Å². The maximum Gasteiger partial charge on any atom is 0.145 e. The minimum absolute atomic E-state index is 0.105. The summed E-state index contributed by atoms with van der Waals surface area (Å²) in [6.07, 6.45) is 2.01. The molecule has 1 aromatic rings. The van der Waals surface area contributed by atoms with Gasteiger partial charge in [-0.15, -0.1) is 0 Å². The van der Waals surface area contributed by atoms with Gasteiger partial charge in [-0.05, 0) is 25.0 Å². The lowest BCUT2D eigenvalue weighted by Gasteiger charge is -2.45. The fourth-order valence-corrected chi connectivity index (χ4v) is 3.48. The molecule has 0 amide bonds. The SMILES string of the molecule is CCC1(CC)CN(CCN2CCOCC2)c2ccc(N)cc2O1. The smallest absolute Gasteiger partial charge is 0.145 e. The molecule has 23 heavy (non-hydrogen) atoms. The molecule has 5 nitrogen and oxygen atoms in total. The van der Waals surface area contributed by atoms with Crippen LogP contribution in [-0.4, -0.2) is 56.4 Å². The van der Waals surface area contributed by atoms with E-state index in [1.54, 1.807) is 0 Å². The Kier molecular flexibility index (Phi) is 4.97. The van der Waals surface area contributed by atoms with Gasteiger partial charge < -0.3 is 20.1 Å². The third kappa shape index (κ3) is 3.56. The molecular weight excluding hydrogens is 290 g/mol. The topological polar surface area (TPSA) is 51.0 Å². The average molecular weight is 319 g/mol. The molecule has 0 radical (unpaired) electrons. The summed E-state index contributed by atoms with van der Waals surface area (Å²) in [7, 11) is 0. The van der Waals surface area contributed by atoms with Gasteiger partial charge in [0.1, 0.15) is 11.4 Å². The zero-order valence-electron chi connectivity index (χ0n) is 14.4. The molecule has 0 bridgehead atoms. The van der Waals surface area contributed by atoms with E-state index in [2.05, 4.69) is 29.7 Å². The fourth-order valence-electron chi connectivity index (χ4n) is 3.48. The number of hydrogen-bond donors (Lipinski definition) is 1. The lowest BCUT2D eigenvalue weighted by atomic mass is 9.94. The van der Waals surface area contributed by atoms with Crippen molar-refractivity contribution in [1.29, 1.82) is 0 Å². The van der Waals surface area contributed by atoms with Gasteiger partial charge in [0.15, 0.2) is 0 Å². The van der Waals surface area contributed by atoms with Crippen molar-refractivity contribution in [3.8, 4) is 5.75 Å². The van der Waals surface area contributed by atoms with Crippen molar-refractivity contribution in [3.63, 3.8) is 0 Å². The first-order chi connectivity index (χ1) is 11.2. The van der Waals surface area contributed by atoms with Crippen LogP contribution in [0.1, 0.15) is 26.7 Å². The molecule has 128 valence electrons. The van der Waals surface area contributed by atoms with Crippen molar-refractivity contribution < 1.29 is 9.47 Å². The van der Waals surface area contributed by atoms with Crippen molar-refractivity contribution in [2.45, 2.75) is 32.3 Å². The number of anilines is 2. The van der Waals surface area contributed by atoms with Crippen LogP contribution in [0.4, 0.5) is 11.4 Å². The highest BCUT2D eigenvalue weighted by molar-refractivity contribution is 5.65. The highest BCUT2D eigenvalue weighted by atomic mass is 16.5. The molecule has 2 heterocycles. The Morgan fingerprint density at radius 3 is 2.57 bits per heavy atom. The van der Waals surface area contributed by atoms with Crippen molar-refractivity contribution in [2.24, 2.45) is 0 Å². The maximum atomic E-state index is 6.37. The summed E-state index contributed by atoms with van der Waals surface area (Å²) in [6.45, 7) is 11.2. The molecule has 5 heteroatoms. The van der Waals surface area contributed by atoms with Gasteiger partial charge in [-0.2, -0.15) is 0 Å². The van der Waals surface area contributed by atoms with Gasteiger partial charge in [0.05, 0.1) is 25.4 Å². The first-order valence-corrected chi connectivity index (χ1v) is 8.79. The van der Waals surface area contributed by atoms with E-state index in [-0.39, 0.29) is 5.60 Å². The van der Waals surface area contributed by atoms with E-state index >= 15 is 0 Å². The minimum atomic E-state index is -0.105. The molecule has 2 aliphatic heterocycles. The van der Waals surface area contributed by atoms with E-state index in [1.807, 2.05) is 12.1 Å². The zero-order chi connectivity index (χ0) is 16.3. The van der Waals surface area contributed by atoms with Crippen LogP contribution in [0.2, 0.25) is 0 Å². The molecule has 1 fully saturated rings. The van der Waals surface area contributed by atoms with Crippen molar-refractivity contribution in [2.75, 3.05) is 56.6 Å². The molecule has 0 unspecified atom stereocenters. The predicted molar refractivity (Wildman–Crippen MR) is 94.3 cm³/mol. The van der Waals surface area contributed by atoms with Crippen molar-refractivity contribution in [3.05, 3.63) is 18.2 Å². The van der Waals surface area contributed by atoms with Gasteiger partial charge in [0.25, 0.3) is 0 Å². The largest absolute Gasteiger partial charge is 0.483 e. The number of benzene rings is 1. The van der Waals surface area contributed by atoms with Crippen LogP contribution in [-0.2, 0) is 4.74 Å². The number of nitrogens with two attached hydrogens (primary N) is 1. The first kappa shape index (κ1) is 16.4. The summed E-state index contributed by atoms with van der Waals surface area (Å²) >= 11 is 0. The Morgan fingerprint density at radius 1 is 1.13 bits per heavy atom. The maximum absolute atomic E-state index is 6.37. The van der Waals surface area contributed by atoms with Gasteiger partial charge in [-0.3, -0.25) is 4.90 Å². The van der Waals surface area contributed by atoms with E-state index in [1.165, 1.54) is 5.69 Å². The van der Waals surface area contributed by atoms with Crippen molar-refractivity contribution >= 4 is 11.4 Å². The molecule has 0 aromatic heterocycles. The standard InChI is InChI=1S/C18H29N3O2/c1-3-18(4-2)14-21(8-7-20-9-11-22-12-10-20)16-6-5-15(19)13-17(16)23-18/h5-6,13H,3-4,7-12,14,19H2,1-2H3. The summed E-state index contributed by atoms with van der Waals surface area (Å²) in [6, 6.07) is 6.03. The summed E-state index contributed by atoms with van der Waals surface area (Å²) in [5, 5.41) is 0. The molecular formula is C18H29N3O2. The number of nitrogen functional groups attached to an aromatic ring is 1. The third-order valence-electron chi connectivity index (χ3n) is 5.21. The summed E-state index contributed by atoms with van der Waals surface area (Å²) < 4.78 is 11.8. The monoisotopic (exact) mass is 319 g/mol. The molecule has 3 rings (SSSR count). The number of nitrogens with zero attached hydrogens (tertiary/aromatic N) is 2. The van der Waals surface area contributed by atoms with Gasteiger partial charge in [0.2, 0.25) is 0 Å². The second-order valence-corrected chi connectivity index (χ2v) is 6.59. The van der Waals surface area contributed by atoms with Gasteiger partial charge in [0, 0.05) is 37.9 Å². The highest BCUT2D eigenvalue weighted by Crippen LogP contribution is 2.40. The molecule has 0 atom stereocenters. The zero-order valence-corrected chi connectivity index (χ0v) is 14.4. The third-order valence-corrected chi connectivity index (χ3v) is 5.21. The van der Waals surface area contributed by atoms with Crippen LogP contribution in [0, 0.1) is 0 Å². The fraction of sp³-hybridized carbons (Fsp3) is 0.667. The second kappa shape index (κ2) is 6.97. The second-order valence-electron chi connectivity index (χ2n) is 6.59. The molecule has 0 aliphatic carbocycles. The molecule has 1 saturated heterocycles. The molecule has 2 N–H and O–H groups in total. The Labute approximate surface area is 139 Å². The van der Waals surface area contributed by atoms with Gasteiger partial charge >= 0.3 is 0 Å². The van der Waals surface area contributed by atoms with Crippen LogP contribution in [0.3, 0.4) is 0 Å². The molecule has 0 spiro atoms. The Balaban J connectivity index is 1.77. The summed E-state index contributed by atoms with van der Waals surface area (Å²) in [4.78, 5) is 4.95. The summed E-state index contributed by atoms with van der Waals surface area (Å²) in [5.74, 6) is 0.932. The van der Waals surface area contributed by atoms with Crippen LogP contribution >= 0.6 is 0 Å². The normalized spacial score (nSPS) is 20.9. The van der Waals surface area contributed by atoms with Crippen LogP contribution < -0.4 is 15.4 Å². The van der Waals surface area contributed by atoms with E-state index in [9.17, 15) is 0 Å². The Morgan fingerprint density at radius 2 is 1.87 bits per heavy atom. The van der Waals surface area contributed by atoms with Gasteiger partial charge in [-0.25, -0.2) is 0 Å². The molecule has 0 saturated carbocycles. The van der Waals surface area contributed by atoms with Crippen LogP contribution in [0.5, 0.6) is 5.75 Å². The number of ether oxygens (including phenoxy) is 2. The first-order valence-electron chi connectivity index (χ1n) is 8.79. The lowest BCUT2D eigenvalue weighted by molar-refractivity contribution is 0.0357. The van der Waals surface area contributed by atoms with Gasteiger partial charge in [-0.1, -0.05) is 13.8 Å². The number of rotatable bonds is 5. The average Bonchev–Trinajstić information content (AvgIpc) is 2.60. The lowest BCUT2D eigenvalue weighted by Crippen LogP contribution is -2.52. The quantitative estimate of drug-likeness (QED) is 0.844. The number of fused-ring (bicyclic) bond motifs is 1. The van der Waals surface area contributed by atoms with E-state index in [0.29, 0.717) is 0 Å². The number of hydrogen-bond acceptors (Lipinski definition) is 5.